The molecule has 0 aromatic carbocycles. The van der Waals surface area contributed by atoms with Gasteiger partial charge in [-0.1, -0.05) is 26.8 Å². The Morgan fingerprint density at radius 2 is 2.12 bits per heavy atom. The van der Waals surface area contributed by atoms with E-state index in [1.165, 1.54) is 0 Å². The minimum atomic E-state index is -0.566. The predicted molar refractivity (Wildman–Crippen MR) is 69.7 cm³/mol. The zero-order valence-electron chi connectivity index (χ0n) is 11.1. The monoisotopic (exact) mass is 233 g/mol. The molecule has 2 atom stereocenters. The number of pyridine rings is 1. The smallest absolute Gasteiger partial charge is 0.0728 e. The Morgan fingerprint density at radius 1 is 1.35 bits per heavy atom. The highest BCUT2D eigenvalue weighted by Crippen LogP contribution is 2.44. The van der Waals surface area contributed by atoms with Gasteiger partial charge in [0.25, 0.3) is 0 Å². The van der Waals surface area contributed by atoms with Gasteiger partial charge < -0.3 is 5.11 Å². The number of hydrogen-bond acceptors (Lipinski definition) is 2. The van der Waals surface area contributed by atoms with Gasteiger partial charge in [0, 0.05) is 18.3 Å². The van der Waals surface area contributed by atoms with Crippen molar-refractivity contribution in [2.24, 2.45) is 11.3 Å². The van der Waals surface area contributed by atoms with Crippen LogP contribution in [0.3, 0.4) is 0 Å². The Hall–Kier alpha value is -0.890. The molecule has 0 amide bonds. The van der Waals surface area contributed by atoms with E-state index in [1.54, 1.807) is 6.20 Å². The molecule has 1 saturated carbocycles. The predicted octanol–water partition coefficient (Wildman–Crippen LogP) is 3.20. The summed E-state index contributed by atoms with van der Waals surface area (Å²) in [6.07, 6.45) is 5.57. The molecular formula is C15H23NO. The molecule has 1 aliphatic carbocycles. The molecule has 2 nitrogen and oxygen atoms in total. The van der Waals surface area contributed by atoms with E-state index in [4.69, 9.17) is 0 Å². The van der Waals surface area contributed by atoms with Gasteiger partial charge in [0.2, 0.25) is 0 Å². The number of aliphatic hydroxyl groups is 1. The van der Waals surface area contributed by atoms with Crippen LogP contribution in [0.25, 0.3) is 0 Å². The normalized spacial score (nSPS) is 32.4. The van der Waals surface area contributed by atoms with Crippen molar-refractivity contribution in [1.82, 2.24) is 4.98 Å². The molecule has 1 fully saturated rings. The number of hydrogen-bond donors (Lipinski definition) is 1. The maximum atomic E-state index is 10.8. The lowest BCUT2D eigenvalue weighted by Gasteiger charge is -2.45. The fraction of sp³-hybridized carbons (Fsp3) is 0.667. The van der Waals surface area contributed by atoms with E-state index in [-0.39, 0.29) is 0 Å². The average Bonchev–Trinajstić information content (AvgIpc) is 2.26. The average molecular weight is 233 g/mol. The molecule has 0 saturated heterocycles. The van der Waals surface area contributed by atoms with Crippen molar-refractivity contribution in [3.63, 3.8) is 0 Å². The van der Waals surface area contributed by atoms with Crippen LogP contribution in [0.2, 0.25) is 0 Å². The lowest BCUT2D eigenvalue weighted by Crippen LogP contribution is -2.45. The Balaban J connectivity index is 2.10. The molecule has 1 N–H and O–H groups in total. The second-order valence-electron chi connectivity index (χ2n) is 6.37. The van der Waals surface area contributed by atoms with Gasteiger partial charge in [-0.05, 0) is 42.7 Å². The first-order valence-electron chi connectivity index (χ1n) is 6.54. The summed E-state index contributed by atoms with van der Waals surface area (Å²) < 4.78 is 0. The Bertz CT molecular complexity index is 374. The Kier molecular flexibility index (Phi) is 3.26. The van der Waals surface area contributed by atoms with Crippen LogP contribution >= 0.6 is 0 Å². The van der Waals surface area contributed by atoms with Crippen LogP contribution in [0.1, 0.15) is 45.7 Å². The van der Waals surface area contributed by atoms with Crippen LogP contribution in [0.5, 0.6) is 0 Å². The Morgan fingerprint density at radius 3 is 2.71 bits per heavy atom. The first kappa shape index (κ1) is 12.6. The van der Waals surface area contributed by atoms with Crippen molar-refractivity contribution in [3.05, 3.63) is 30.1 Å². The Labute approximate surface area is 104 Å². The van der Waals surface area contributed by atoms with E-state index in [0.717, 1.165) is 25.0 Å². The van der Waals surface area contributed by atoms with Gasteiger partial charge in [-0.3, -0.25) is 4.98 Å². The van der Waals surface area contributed by atoms with E-state index in [2.05, 4.69) is 25.8 Å². The van der Waals surface area contributed by atoms with Gasteiger partial charge in [-0.25, -0.2) is 0 Å². The van der Waals surface area contributed by atoms with Crippen molar-refractivity contribution in [2.45, 2.75) is 52.1 Å². The zero-order valence-corrected chi connectivity index (χ0v) is 11.1. The standard InChI is InChI=1S/C15H23NO/c1-12-10-14(2,3)7-8-15(12,17)11-13-6-4-5-9-16-13/h4-6,9,12,17H,7-8,10-11H2,1-3H3. The van der Waals surface area contributed by atoms with Crippen molar-refractivity contribution < 1.29 is 5.11 Å². The van der Waals surface area contributed by atoms with Crippen molar-refractivity contribution in [1.29, 1.82) is 0 Å². The summed E-state index contributed by atoms with van der Waals surface area (Å²) in [6.45, 7) is 6.76. The van der Waals surface area contributed by atoms with Crippen LogP contribution in [0.4, 0.5) is 0 Å². The summed E-state index contributed by atoms with van der Waals surface area (Å²) >= 11 is 0. The molecule has 1 aromatic heterocycles. The van der Waals surface area contributed by atoms with Crippen molar-refractivity contribution >= 4 is 0 Å². The van der Waals surface area contributed by atoms with Crippen LogP contribution < -0.4 is 0 Å². The highest BCUT2D eigenvalue weighted by atomic mass is 16.3. The number of nitrogens with zero attached hydrogens (tertiary/aromatic N) is 1. The van der Waals surface area contributed by atoms with E-state index in [9.17, 15) is 5.11 Å². The molecule has 1 aromatic rings. The first-order chi connectivity index (χ1) is 7.91. The van der Waals surface area contributed by atoms with E-state index >= 15 is 0 Å². The van der Waals surface area contributed by atoms with Gasteiger partial charge in [-0.15, -0.1) is 0 Å². The third-order valence-electron chi connectivity index (χ3n) is 4.22. The molecule has 0 bridgehead atoms. The van der Waals surface area contributed by atoms with Crippen LogP contribution in [-0.2, 0) is 6.42 Å². The lowest BCUT2D eigenvalue weighted by molar-refractivity contribution is -0.0710. The van der Waals surface area contributed by atoms with Crippen molar-refractivity contribution in [3.8, 4) is 0 Å². The quantitative estimate of drug-likeness (QED) is 0.851. The summed E-state index contributed by atoms with van der Waals surface area (Å²) in [4.78, 5) is 4.33. The van der Waals surface area contributed by atoms with Crippen LogP contribution in [0, 0.1) is 11.3 Å². The van der Waals surface area contributed by atoms with Gasteiger partial charge in [0.1, 0.15) is 0 Å². The molecule has 1 heterocycles. The third-order valence-corrected chi connectivity index (χ3v) is 4.22. The SMILES string of the molecule is CC1CC(C)(C)CCC1(O)Cc1ccccn1. The summed E-state index contributed by atoms with van der Waals surface area (Å²) in [5, 5.41) is 10.8. The zero-order chi connectivity index (χ0) is 12.5. The summed E-state index contributed by atoms with van der Waals surface area (Å²) in [5.74, 6) is 0.341. The number of aromatic nitrogens is 1. The van der Waals surface area contributed by atoms with Gasteiger partial charge in [0.05, 0.1) is 5.60 Å². The molecule has 0 spiro atoms. The number of rotatable bonds is 2. The van der Waals surface area contributed by atoms with Gasteiger partial charge in [0.15, 0.2) is 0 Å². The highest BCUT2D eigenvalue weighted by molar-refractivity contribution is 5.09. The molecule has 2 unspecified atom stereocenters. The maximum Gasteiger partial charge on any atom is 0.0728 e. The van der Waals surface area contributed by atoms with Gasteiger partial charge >= 0.3 is 0 Å². The molecule has 17 heavy (non-hydrogen) atoms. The molecule has 0 aliphatic heterocycles. The third kappa shape index (κ3) is 2.86. The largest absolute Gasteiger partial charge is 0.389 e. The summed E-state index contributed by atoms with van der Waals surface area (Å²) in [7, 11) is 0. The second-order valence-corrected chi connectivity index (χ2v) is 6.37. The first-order valence-corrected chi connectivity index (χ1v) is 6.54. The van der Waals surface area contributed by atoms with Crippen LogP contribution in [-0.4, -0.2) is 15.7 Å². The molecule has 94 valence electrons. The lowest BCUT2D eigenvalue weighted by atomic mass is 9.64. The molecule has 2 rings (SSSR count). The fourth-order valence-corrected chi connectivity index (χ4v) is 3.00. The summed E-state index contributed by atoms with van der Waals surface area (Å²) in [5.41, 5.74) is 0.807. The second kappa shape index (κ2) is 4.41. The van der Waals surface area contributed by atoms with Crippen LogP contribution in [0.15, 0.2) is 24.4 Å². The van der Waals surface area contributed by atoms with E-state index in [1.807, 2.05) is 18.2 Å². The topological polar surface area (TPSA) is 33.1 Å². The summed E-state index contributed by atoms with van der Waals surface area (Å²) in [6, 6.07) is 5.91. The maximum absolute atomic E-state index is 10.8. The highest BCUT2D eigenvalue weighted by Gasteiger charge is 2.42. The molecule has 2 heteroatoms. The molecular weight excluding hydrogens is 210 g/mol. The minimum Gasteiger partial charge on any atom is -0.389 e. The van der Waals surface area contributed by atoms with E-state index < -0.39 is 5.60 Å². The molecule has 1 aliphatic rings. The fourth-order valence-electron chi connectivity index (χ4n) is 3.00. The van der Waals surface area contributed by atoms with Gasteiger partial charge in [-0.2, -0.15) is 0 Å². The van der Waals surface area contributed by atoms with E-state index in [0.29, 0.717) is 17.8 Å². The molecule has 0 radical (unpaired) electrons. The van der Waals surface area contributed by atoms with Crippen molar-refractivity contribution in [2.75, 3.05) is 0 Å². The minimum absolute atomic E-state index is 0.341.